The van der Waals surface area contributed by atoms with Gasteiger partial charge in [0.05, 0.1) is 12.7 Å². The maximum Gasteiger partial charge on any atom is 0.124 e. The molecule has 18 heavy (non-hydrogen) atoms. The minimum absolute atomic E-state index is 0.179. The van der Waals surface area contributed by atoms with E-state index in [2.05, 4.69) is 18.8 Å². The van der Waals surface area contributed by atoms with E-state index in [-0.39, 0.29) is 18.5 Å². The molecule has 0 saturated heterocycles. The van der Waals surface area contributed by atoms with Gasteiger partial charge in [-0.25, -0.2) is 4.39 Å². The van der Waals surface area contributed by atoms with Crippen LogP contribution in [0.1, 0.15) is 37.8 Å². The summed E-state index contributed by atoms with van der Waals surface area (Å²) >= 11 is 0. The standard InChI is InChI=1S/C15H19FO2/c1-3-5-12(2)18-11-14-7-8-15(16)10-13(14)6-4-9-17/h7-8,10,12,17H,3,5,9,11H2,1-2H3. The van der Waals surface area contributed by atoms with Crippen LogP contribution in [-0.4, -0.2) is 17.8 Å². The van der Waals surface area contributed by atoms with Gasteiger partial charge in [-0.05, 0) is 31.0 Å². The SMILES string of the molecule is CCCC(C)OCc1ccc(F)cc1C#CCO. The molecule has 0 bridgehead atoms. The number of ether oxygens (including phenoxy) is 1. The molecule has 1 N–H and O–H groups in total. The van der Waals surface area contributed by atoms with Gasteiger partial charge >= 0.3 is 0 Å². The largest absolute Gasteiger partial charge is 0.384 e. The zero-order valence-electron chi connectivity index (χ0n) is 10.9. The van der Waals surface area contributed by atoms with Crippen LogP contribution in [-0.2, 0) is 11.3 Å². The van der Waals surface area contributed by atoms with Gasteiger partial charge in [0, 0.05) is 5.56 Å². The van der Waals surface area contributed by atoms with Gasteiger partial charge in [0.1, 0.15) is 12.4 Å². The number of rotatable bonds is 5. The zero-order chi connectivity index (χ0) is 13.4. The summed E-state index contributed by atoms with van der Waals surface area (Å²) in [7, 11) is 0. The van der Waals surface area contributed by atoms with Crippen molar-refractivity contribution < 1.29 is 14.2 Å². The third-order valence-corrected chi connectivity index (χ3v) is 2.59. The van der Waals surface area contributed by atoms with Crippen molar-refractivity contribution in [3.63, 3.8) is 0 Å². The summed E-state index contributed by atoms with van der Waals surface area (Å²) < 4.78 is 18.8. The molecule has 1 aromatic rings. The highest BCUT2D eigenvalue weighted by molar-refractivity contribution is 5.41. The molecule has 1 aromatic carbocycles. The summed E-state index contributed by atoms with van der Waals surface area (Å²) in [6, 6.07) is 4.44. The Morgan fingerprint density at radius 1 is 1.44 bits per heavy atom. The second kappa shape index (κ2) is 7.86. The van der Waals surface area contributed by atoms with E-state index in [0.717, 1.165) is 18.4 Å². The summed E-state index contributed by atoms with van der Waals surface area (Å²) in [6.45, 7) is 4.31. The van der Waals surface area contributed by atoms with Crippen molar-refractivity contribution in [3.05, 3.63) is 35.1 Å². The predicted octanol–water partition coefficient (Wildman–Crippen LogP) is 2.87. The number of benzene rings is 1. The number of hydrogen-bond donors (Lipinski definition) is 1. The lowest BCUT2D eigenvalue weighted by Gasteiger charge is -2.13. The first kappa shape index (κ1) is 14.7. The van der Waals surface area contributed by atoms with Crippen molar-refractivity contribution in [1.29, 1.82) is 0 Å². The topological polar surface area (TPSA) is 29.5 Å². The van der Waals surface area contributed by atoms with Crippen molar-refractivity contribution >= 4 is 0 Å². The first-order chi connectivity index (χ1) is 8.67. The minimum atomic E-state index is -0.331. The van der Waals surface area contributed by atoms with Crippen molar-refractivity contribution in [3.8, 4) is 11.8 Å². The van der Waals surface area contributed by atoms with Gasteiger partial charge in [-0.2, -0.15) is 0 Å². The first-order valence-electron chi connectivity index (χ1n) is 6.17. The average molecular weight is 250 g/mol. The molecule has 0 aliphatic rings. The smallest absolute Gasteiger partial charge is 0.124 e. The number of aliphatic hydroxyl groups is 1. The summed E-state index contributed by atoms with van der Waals surface area (Å²) in [5.41, 5.74) is 1.42. The molecule has 0 heterocycles. The van der Waals surface area contributed by atoms with Crippen LogP contribution in [0.25, 0.3) is 0 Å². The number of halogens is 1. The van der Waals surface area contributed by atoms with Crippen LogP contribution in [0.15, 0.2) is 18.2 Å². The van der Waals surface area contributed by atoms with E-state index < -0.39 is 0 Å². The van der Waals surface area contributed by atoms with E-state index in [0.29, 0.717) is 12.2 Å². The van der Waals surface area contributed by atoms with Crippen LogP contribution in [0, 0.1) is 17.7 Å². The van der Waals surface area contributed by atoms with Gasteiger partial charge in [-0.3, -0.25) is 0 Å². The fraction of sp³-hybridized carbons (Fsp3) is 0.467. The monoisotopic (exact) mass is 250 g/mol. The Kier molecular flexibility index (Phi) is 6.42. The fourth-order valence-corrected chi connectivity index (χ4v) is 1.65. The van der Waals surface area contributed by atoms with Gasteiger partial charge < -0.3 is 9.84 Å². The lowest BCUT2D eigenvalue weighted by Crippen LogP contribution is -2.08. The maximum absolute atomic E-state index is 13.1. The highest BCUT2D eigenvalue weighted by Gasteiger charge is 2.05. The van der Waals surface area contributed by atoms with Crippen molar-refractivity contribution in [2.24, 2.45) is 0 Å². The lowest BCUT2D eigenvalue weighted by atomic mass is 10.1. The molecule has 1 atom stereocenters. The molecule has 0 radical (unpaired) electrons. The molecule has 0 amide bonds. The predicted molar refractivity (Wildman–Crippen MR) is 69.5 cm³/mol. The molecule has 1 rings (SSSR count). The average Bonchev–Trinajstić information content (AvgIpc) is 2.35. The van der Waals surface area contributed by atoms with Crippen LogP contribution in [0.5, 0.6) is 0 Å². The Morgan fingerprint density at radius 2 is 2.22 bits per heavy atom. The molecule has 0 aliphatic heterocycles. The van der Waals surface area contributed by atoms with E-state index in [1.807, 2.05) is 6.92 Å². The van der Waals surface area contributed by atoms with E-state index in [1.165, 1.54) is 12.1 Å². The second-order valence-corrected chi connectivity index (χ2v) is 4.17. The lowest BCUT2D eigenvalue weighted by molar-refractivity contribution is 0.0470. The van der Waals surface area contributed by atoms with Crippen LogP contribution in [0.4, 0.5) is 4.39 Å². The fourth-order valence-electron chi connectivity index (χ4n) is 1.65. The molecule has 98 valence electrons. The third kappa shape index (κ3) is 4.87. The molecule has 0 spiro atoms. The van der Waals surface area contributed by atoms with Crippen molar-refractivity contribution in [2.75, 3.05) is 6.61 Å². The highest BCUT2D eigenvalue weighted by atomic mass is 19.1. The van der Waals surface area contributed by atoms with Gasteiger partial charge in [-0.15, -0.1) is 0 Å². The summed E-state index contributed by atoms with van der Waals surface area (Å²) in [5, 5.41) is 8.68. The van der Waals surface area contributed by atoms with E-state index >= 15 is 0 Å². The Bertz CT molecular complexity index is 432. The molecule has 2 nitrogen and oxygen atoms in total. The highest BCUT2D eigenvalue weighted by Crippen LogP contribution is 2.13. The molecular weight excluding hydrogens is 231 g/mol. The number of hydrogen-bond acceptors (Lipinski definition) is 2. The van der Waals surface area contributed by atoms with Crippen LogP contribution in [0.3, 0.4) is 0 Å². The Morgan fingerprint density at radius 3 is 2.89 bits per heavy atom. The first-order valence-corrected chi connectivity index (χ1v) is 6.17. The molecular formula is C15H19FO2. The molecule has 0 aromatic heterocycles. The molecule has 1 unspecified atom stereocenters. The number of aliphatic hydroxyl groups excluding tert-OH is 1. The van der Waals surface area contributed by atoms with Gasteiger partial charge in [0.25, 0.3) is 0 Å². The molecule has 0 fully saturated rings. The van der Waals surface area contributed by atoms with Gasteiger partial charge in [0.15, 0.2) is 0 Å². The Balaban J connectivity index is 2.75. The summed E-state index contributed by atoms with van der Waals surface area (Å²) in [6.07, 6.45) is 2.25. The second-order valence-electron chi connectivity index (χ2n) is 4.17. The normalized spacial score (nSPS) is 11.8. The minimum Gasteiger partial charge on any atom is -0.384 e. The van der Waals surface area contributed by atoms with Crippen molar-refractivity contribution in [2.45, 2.75) is 39.4 Å². The van der Waals surface area contributed by atoms with Crippen LogP contribution < -0.4 is 0 Å². The van der Waals surface area contributed by atoms with E-state index in [4.69, 9.17) is 9.84 Å². The Labute approximate surface area is 108 Å². The Hall–Kier alpha value is -1.37. The zero-order valence-corrected chi connectivity index (χ0v) is 10.9. The summed E-state index contributed by atoms with van der Waals surface area (Å²) in [5.74, 6) is 4.94. The van der Waals surface area contributed by atoms with E-state index in [9.17, 15) is 4.39 Å². The van der Waals surface area contributed by atoms with Crippen molar-refractivity contribution in [1.82, 2.24) is 0 Å². The van der Waals surface area contributed by atoms with Gasteiger partial charge in [-0.1, -0.05) is 31.3 Å². The van der Waals surface area contributed by atoms with Crippen LogP contribution >= 0.6 is 0 Å². The third-order valence-electron chi connectivity index (χ3n) is 2.59. The molecule has 0 saturated carbocycles. The van der Waals surface area contributed by atoms with Crippen LogP contribution in [0.2, 0.25) is 0 Å². The van der Waals surface area contributed by atoms with Gasteiger partial charge in [0.2, 0.25) is 0 Å². The quantitative estimate of drug-likeness (QED) is 0.814. The molecule has 3 heteroatoms. The molecule has 0 aliphatic carbocycles. The van der Waals surface area contributed by atoms with E-state index in [1.54, 1.807) is 6.07 Å². The maximum atomic E-state index is 13.1. The summed E-state index contributed by atoms with van der Waals surface area (Å²) in [4.78, 5) is 0.